The second-order valence-corrected chi connectivity index (χ2v) is 4.71. The van der Waals surface area contributed by atoms with E-state index < -0.39 is 11.9 Å². The average Bonchev–Trinajstić information content (AvgIpc) is 2.37. The van der Waals surface area contributed by atoms with Gasteiger partial charge < -0.3 is 20.5 Å². The minimum Gasteiger partial charge on any atom is -0.504 e. The molecule has 6 heteroatoms. The van der Waals surface area contributed by atoms with Crippen LogP contribution >= 0.6 is 0 Å². The fourth-order valence-electron chi connectivity index (χ4n) is 1.62. The molecule has 0 aromatic heterocycles. The van der Waals surface area contributed by atoms with Gasteiger partial charge in [-0.2, -0.15) is 0 Å². The number of rotatable bonds is 5. The summed E-state index contributed by atoms with van der Waals surface area (Å²) >= 11 is 0. The van der Waals surface area contributed by atoms with Gasteiger partial charge in [0.05, 0.1) is 12.7 Å². The number of para-hydroxylation sites is 1. The summed E-state index contributed by atoms with van der Waals surface area (Å²) < 4.78 is 4.93. The van der Waals surface area contributed by atoms with Crippen molar-refractivity contribution in [3.05, 3.63) is 23.8 Å². The molecule has 3 N–H and O–H groups in total. The number of amides is 2. The summed E-state index contributed by atoms with van der Waals surface area (Å²) in [5, 5.41) is 15.1. The summed E-state index contributed by atoms with van der Waals surface area (Å²) in [6.07, 6.45) is 0. The van der Waals surface area contributed by atoms with Crippen LogP contribution in [0.15, 0.2) is 18.2 Å². The van der Waals surface area contributed by atoms with Crippen LogP contribution in [-0.2, 0) is 4.79 Å². The molecule has 6 nitrogen and oxygen atoms in total. The van der Waals surface area contributed by atoms with Crippen LogP contribution in [0.3, 0.4) is 0 Å². The van der Waals surface area contributed by atoms with Crippen molar-refractivity contribution in [1.82, 2.24) is 10.6 Å². The quantitative estimate of drug-likeness (QED) is 0.752. The Morgan fingerprint density at radius 1 is 1.20 bits per heavy atom. The van der Waals surface area contributed by atoms with E-state index in [1.165, 1.54) is 13.2 Å². The van der Waals surface area contributed by atoms with E-state index in [-0.39, 0.29) is 29.0 Å². The highest BCUT2D eigenvalue weighted by molar-refractivity contribution is 6.00. The molecule has 0 saturated heterocycles. The lowest BCUT2D eigenvalue weighted by atomic mass is 10.1. The predicted octanol–water partition coefficient (Wildman–Crippen LogP) is 1.04. The molecule has 0 saturated carbocycles. The minimum absolute atomic E-state index is 0.00734. The maximum Gasteiger partial charge on any atom is 0.255 e. The fourth-order valence-corrected chi connectivity index (χ4v) is 1.62. The lowest BCUT2D eigenvalue weighted by Crippen LogP contribution is -2.46. The summed E-state index contributed by atoms with van der Waals surface area (Å²) in [6.45, 7) is 5.24. The maximum absolute atomic E-state index is 12.0. The van der Waals surface area contributed by atoms with Crippen LogP contribution in [0, 0.1) is 0 Å². The van der Waals surface area contributed by atoms with Crippen molar-refractivity contribution in [3.63, 3.8) is 0 Å². The molecule has 1 rings (SSSR count). The molecule has 1 atom stereocenters. The molecule has 1 aromatic carbocycles. The number of carbonyl (C=O) groups is 2. The van der Waals surface area contributed by atoms with Gasteiger partial charge in [-0.05, 0) is 32.9 Å². The molecule has 0 aliphatic heterocycles. The number of ether oxygens (including phenoxy) is 1. The summed E-state index contributed by atoms with van der Waals surface area (Å²) in [7, 11) is 1.40. The van der Waals surface area contributed by atoms with Crippen LogP contribution in [0.4, 0.5) is 0 Å². The third-order valence-electron chi connectivity index (χ3n) is 2.64. The Bertz CT molecular complexity index is 500. The number of benzene rings is 1. The highest BCUT2D eigenvalue weighted by atomic mass is 16.5. The van der Waals surface area contributed by atoms with E-state index in [2.05, 4.69) is 10.6 Å². The van der Waals surface area contributed by atoms with Crippen molar-refractivity contribution < 1.29 is 19.4 Å². The highest BCUT2D eigenvalue weighted by Crippen LogP contribution is 2.29. The van der Waals surface area contributed by atoms with Crippen molar-refractivity contribution >= 4 is 11.8 Å². The van der Waals surface area contributed by atoms with Gasteiger partial charge in [-0.25, -0.2) is 0 Å². The van der Waals surface area contributed by atoms with E-state index in [1.54, 1.807) is 19.1 Å². The molecular formula is C14H20N2O4. The van der Waals surface area contributed by atoms with Crippen LogP contribution in [0.5, 0.6) is 11.5 Å². The molecule has 20 heavy (non-hydrogen) atoms. The first-order chi connectivity index (χ1) is 9.36. The van der Waals surface area contributed by atoms with Gasteiger partial charge >= 0.3 is 0 Å². The molecular weight excluding hydrogens is 260 g/mol. The van der Waals surface area contributed by atoms with Gasteiger partial charge in [-0.15, -0.1) is 0 Å². The zero-order valence-electron chi connectivity index (χ0n) is 12.1. The lowest BCUT2D eigenvalue weighted by Gasteiger charge is -2.16. The zero-order valence-corrected chi connectivity index (χ0v) is 12.1. The largest absolute Gasteiger partial charge is 0.504 e. The highest BCUT2D eigenvalue weighted by Gasteiger charge is 2.20. The molecule has 0 heterocycles. The van der Waals surface area contributed by atoms with Gasteiger partial charge in [0.2, 0.25) is 5.91 Å². The molecule has 0 aliphatic rings. The van der Waals surface area contributed by atoms with E-state index in [1.807, 2.05) is 13.8 Å². The second kappa shape index (κ2) is 6.79. The number of hydrogen-bond donors (Lipinski definition) is 3. The van der Waals surface area contributed by atoms with Gasteiger partial charge in [0.25, 0.3) is 5.91 Å². The van der Waals surface area contributed by atoms with Gasteiger partial charge in [-0.3, -0.25) is 9.59 Å². The molecule has 1 aromatic rings. The lowest BCUT2D eigenvalue weighted by molar-refractivity contribution is -0.123. The summed E-state index contributed by atoms with van der Waals surface area (Å²) in [5.41, 5.74) is 0.0635. The Hall–Kier alpha value is -2.24. The normalized spacial score (nSPS) is 11.8. The number of phenols is 1. The molecule has 2 amide bonds. The maximum atomic E-state index is 12.0. The number of carbonyl (C=O) groups excluding carboxylic acids is 2. The van der Waals surface area contributed by atoms with Crippen LogP contribution < -0.4 is 15.4 Å². The van der Waals surface area contributed by atoms with Crippen LogP contribution in [0.1, 0.15) is 31.1 Å². The van der Waals surface area contributed by atoms with E-state index >= 15 is 0 Å². The Morgan fingerprint density at radius 2 is 1.85 bits per heavy atom. The van der Waals surface area contributed by atoms with Crippen molar-refractivity contribution in [2.45, 2.75) is 32.9 Å². The number of methoxy groups -OCH3 is 1. The Kier molecular flexibility index (Phi) is 5.37. The fraction of sp³-hybridized carbons (Fsp3) is 0.429. The van der Waals surface area contributed by atoms with E-state index in [4.69, 9.17) is 4.74 Å². The van der Waals surface area contributed by atoms with Crippen molar-refractivity contribution in [1.29, 1.82) is 0 Å². The molecule has 0 fully saturated rings. The molecule has 110 valence electrons. The smallest absolute Gasteiger partial charge is 0.255 e. The molecule has 1 unspecified atom stereocenters. The van der Waals surface area contributed by atoms with Gasteiger partial charge in [0.15, 0.2) is 11.5 Å². The molecule has 0 radical (unpaired) electrons. The molecule has 0 aliphatic carbocycles. The number of phenolic OH excluding ortho intramolecular Hbond substituents is 1. The first-order valence-corrected chi connectivity index (χ1v) is 6.34. The minimum atomic E-state index is -0.699. The zero-order chi connectivity index (χ0) is 15.3. The van der Waals surface area contributed by atoms with Crippen LogP contribution in [0.25, 0.3) is 0 Å². The van der Waals surface area contributed by atoms with Crippen molar-refractivity contribution in [3.8, 4) is 11.5 Å². The van der Waals surface area contributed by atoms with Crippen LogP contribution in [0.2, 0.25) is 0 Å². The summed E-state index contributed by atoms with van der Waals surface area (Å²) in [4.78, 5) is 23.7. The predicted molar refractivity (Wildman–Crippen MR) is 74.9 cm³/mol. The van der Waals surface area contributed by atoms with Crippen LogP contribution in [-0.4, -0.2) is 36.1 Å². The SMILES string of the molecule is COc1cccc(C(=O)NC(C)C(=O)NC(C)C)c1O. The van der Waals surface area contributed by atoms with E-state index in [9.17, 15) is 14.7 Å². The summed E-state index contributed by atoms with van der Waals surface area (Å²) in [5.74, 6) is -0.857. The molecule has 0 bridgehead atoms. The van der Waals surface area contributed by atoms with Crippen molar-refractivity contribution in [2.24, 2.45) is 0 Å². The van der Waals surface area contributed by atoms with Crippen molar-refractivity contribution in [2.75, 3.05) is 7.11 Å². The second-order valence-electron chi connectivity index (χ2n) is 4.71. The average molecular weight is 280 g/mol. The first kappa shape index (κ1) is 15.8. The Morgan fingerprint density at radius 3 is 2.40 bits per heavy atom. The monoisotopic (exact) mass is 280 g/mol. The number of hydrogen-bond acceptors (Lipinski definition) is 4. The Balaban J connectivity index is 2.79. The van der Waals surface area contributed by atoms with Gasteiger partial charge in [0, 0.05) is 6.04 Å². The van der Waals surface area contributed by atoms with E-state index in [0.29, 0.717) is 0 Å². The Labute approximate surface area is 118 Å². The topological polar surface area (TPSA) is 87.7 Å². The van der Waals surface area contributed by atoms with Gasteiger partial charge in [0.1, 0.15) is 6.04 Å². The third-order valence-corrected chi connectivity index (χ3v) is 2.64. The van der Waals surface area contributed by atoms with E-state index in [0.717, 1.165) is 0 Å². The first-order valence-electron chi connectivity index (χ1n) is 6.34. The number of nitrogens with one attached hydrogen (secondary N) is 2. The summed E-state index contributed by atoms with van der Waals surface area (Å²) in [6, 6.07) is 3.88. The third kappa shape index (κ3) is 3.88. The number of aromatic hydroxyl groups is 1. The van der Waals surface area contributed by atoms with Gasteiger partial charge in [-0.1, -0.05) is 6.07 Å². The molecule has 0 spiro atoms. The standard InChI is InChI=1S/C14H20N2O4/c1-8(2)15-13(18)9(3)16-14(19)10-6-5-7-11(20-4)12(10)17/h5-9,17H,1-4H3,(H,15,18)(H,16,19).